The van der Waals surface area contributed by atoms with Gasteiger partial charge in [0.1, 0.15) is 11.5 Å². The summed E-state index contributed by atoms with van der Waals surface area (Å²) in [6.45, 7) is 6.30. The van der Waals surface area contributed by atoms with Crippen LogP contribution in [0.2, 0.25) is 0 Å². The van der Waals surface area contributed by atoms with Gasteiger partial charge in [-0.2, -0.15) is 16.8 Å². The van der Waals surface area contributed by atoms with Crippen molar-refractivity contribution in [2.45, 2.75) is 29.7 Å². The monoisotopic (exact) mass is 455 g/mol. The van der Waals surface area contributed by atoms with Crippen molar-refractivity contribution in [3.63, 3.8) is 0 Å². The third-order valence-electron chi connectivity index (χ3n) is 5.12. The maximum absolute atomic E-state index is 11.9. The highest BCUT2D eigenvalue weighted by Crippen LogP contribution is 2.47. The molecule has 1 aromatic rings. The van der Waals surface area contributed by atoms with Crippen molar-refractivity contribution in [1.29, 1.82) is 0 Å². The van der Waals surface area contributed by atoms with E-state index in [1.807, 2.05) is 13.8 Å². The molecule has 2 aliphatic rings. The Morgan fingerprint density at radius 2 is 1.82 bits per heavy atom. The normalized spacial score (nSPS) is 25.0. The molecule has 0 aliphatic carbocycles. The maximum atomic E-state index is 11.9. The van der Waals surface area contributed by atoms with Crippen molar-refractivity contribution < 1.29 is 35.4 Å². The van der Waals surface area contributed by atoms with E-state index in [4.69, 9.17) is 25.6 Å². The fraction of sp³-hybridized carbons (Fsp3) is 0.625. The molecule has 2 N–H and O–H groups in total. The van der Waals surface area contributed by atoms with Crippen molar-refractivity contribution in [2.75, 3.05) is 32.1 Å². The molecule has 28 heavy (non-hydrogen) atoms. The average Bonchev–Trinajstić information content (AvgIpc) is 2.84. The van der Waals surface area contributed by atoms with E-state index in [-0.39, 0.29) is 11.8 Å². The van der Waals surface area contributed by atoms with Crippen molar-refractivity contribution in [3.05, 3.63) is 29.3 Å². The number of rotatable bonds is 5. The number of halogens is 1. The molecule has 2 aliphatic heterocycles. The first-order chi connectivity index (χ1) is 12.8. The number of fused-ring (bicyclic) bond motifs is 1. The van der Waals surface area contributed by atoms with Crippen LogP contribution in [0.1, 0.15) is 25.0 Å². The molecule has 12 heteroatoms. The molecule has 1 fully saturated rings. The number of ether oxygens (including phenoxy) is 2. The molecule has 2 atom stereocenters. The van der Waals surface area contributed by atoms with Gasteiger partial charge in [-0.3, -0.25) is 14.0 Å². The predicted molar refractivity (Wildman–Crippen MR) is 102 cm³/mol. The van der Waals surface area contributed by atoms with Crippen LogP contribution < -0.4 is 4.74 Å². The van der Waals surface area contributed by atoms with Crippen LogP contribution in [0.4, 0.5) is 0 Å². The van der Waals surface area contributed by atoms with Crippen LogP contribution in [0, 0.1) is 0 Å². The first-order valence-corrected chi connectivity index (χ1v) is 11.9. The summed E-state index contributed by atoms with van der Waals surface area (Å²) in [6, 6.07) is 4.16. The van der Waals surface area contributed by atoms with Gasteiger partial charge in [-0.1, -0.05) is 31.5 Å². The second kappa shape index (κ2) is 7.08. The number of hydrogen-bond acceptors (Lipinski definition) is 7. The molecular formula is C16H22ClNO8S2. The Bertz CT molecular complexity index is 972. The van der Waals surface area contributed by atoms with Crippen LogP contribution in [-0.4, -0.2) is 69.1 Å². The van der Waals surface area contributed by atoms with Crippen LogP contribution >= 0.6 is 11.6 Å². The maximum Gasteiger partial charge on any atom is 0.290 e. The Hall–Kier alpha value is -0.950. The molecular weight excluding hydrogens is 434 g/mol. The van der Waals surface area contributed by atoms with Gasteiger partial charge in [0.2, 0.25) is 4.21 Å². The summed E-state index contributed by atoms with van der Waals surface area (Å²) in [7, 11) is -9.89. The van der Waals surface area contributed by atoms with E-state index in [9.17, 15) is 21.4 Å². The summed E-state index contributed by atoms with van der Waals surface area (Å²) in [5.41, 5.74) is -0.143. The first-order valence-electron chi connectivity index (χ1n) is 8.50. The minimum absolute atomic E-state index is 0.174. The molecule has 1 aromatic carbocycles. The van der Waals surface area contributed by atoms with Gasteiger partial charge in [-0.15, -0.1) is 0 Å². The smallest absolute Gasteiger partial charge is 0.290 e. The highest BCUT2D eigenvalue weighted by Gasteiger charge is 2.50. The van der Waals surface area contributed by atoms with Gasteiger partial charge in [-0.05, 0) is 17.7 Å². The predicted octanol–water partition coefficient (Wildman–Crippen LogP) is 1.18. The first kappa shape index (κ1) is 21.8. The number of nitrogens with zero attached hydrogens (tertiary/aromatic N) is 1. The number of hydrogen-bond donors (Lipinski definition) is 2. The van der Waals surface area contributed by atoms with Crippen molar-refractivity contribution >= 4 is 31.8 Å². The summed E-state index contributed by atoms with van der Waals surface area (Å²) < 4.78 is 73.9. The topological polar surface area (TPSA) is 130 Å². The Labute approximate surface area is 169 Å². The molecule has 9 nitrogen and oxygen atoms in total. The molecule has 2 heterocycles. The van der Waals surface area contributed by atoms with Gasteiger partial charge in [0.25, 0.3) is 20.2 Å². The number of morpholine rings is 1. The lowest BCUT2D eigenvalue weighted by molar-refractivity contribution is -0.0612. The molecule has 0 saturated carbocycles. The Balaban J connectivity index is 2.05. The molecule has 0 amide bonds. The molecule has 2 unspecified atom stereocenters. The van der Waals surface area contributed by atoms with E-state index in [1.165, 1.54) is 18.2 Å². The highest BCUT2D eigenvalue weighted by atomic mass is 35.5. The van der Waals surface area contributed by atoms with E-state index < -0.39 is 35.6 Å². The summed E-state index contributed by atoms with van der Waals surface area (Å²) >= 11 is 6.06. The molecule has 0 spiro atoms. The fourth-order valence-electron chi connectivity index (χ4n) is 3.65. The van der Waals surface area contributed by atoms with Gasteiger partial charge in [-0.25, -0.2) is 0 Å². The lowest BCUT2D eigenvalue weighted by Gasteiger charge is -2.38. The zero-order chi connectivity index (χ0) is 21.0. The summed E-state index contributed by atoms with van der Waals surface area (Å²) in [6.07, 6.45) is -0.335. The second-order valence-electron chi connectivity index (χ2n) is 7.48. The Kier molecular flexibility index (Phi) is 5.50. The van der Waals surface area contributed by atoms with Crippen LogP contribution in [0.15, 0.2) is 18.2 Å². The molecule has 158 valence electrons. The van der Waals surface area contributed by atoms with E-state index in [0.717, 1.165) is 0 Å². The van der Waals surface area contributed by atoms with Crippen molar-refractivity contribution in [2.24, 2.45) is 0 Å². The van der Waals surface area contributed by atoms with Gasteiger partial charge >= 0.3 is 0 Å². The van der Waals surface area contributed by atoms with E-state index in [1.54, 1.807) is 0 Å². The zero-order valence-electron chi connectivity index (χ0n) is 15.3. The molecule has 3 rings (SSSR count). The highest BCUT2D eigenvalue weighted by molar-refractivity contribution is 7.91. The van der Waals surface area contributed by atoms with Gasteiger partial charge in [0.05, 0.1) is 13.2 Å². The second-order valence-corrected chi connectivity index (χ2v) is 11.4. The SMILES string of the molecule is CC1(C)c2cc(C(Cl)(CS(=O)(=O)O)S(=O)(=O)O)ccc2OC1N1CCOCC1. The van der Waals surface area contributed by atoms with Crippen LogP contribution in [0.3, 0.4) is 0 Å². The standard InChI is InChI=1S/C16H22ClNO8S2/c1-15(2)12-9-11(16(17,28(22,23)24)10-27(19,20)21)3-4-13(12)26-14(15)18-5-7-25-8-6-18/h3-4,9,14H,5-8,10H2,1-2H3,(H,19,20,21)(H,22,23,24). The van der Waals surface area contributed by atoms with Crippen LogP contribution in [0.25, 0.3) is 0 Å². The summed E-state index contributed by atoms with van der Waals surface area (Å²) in [4.78, 5) is 2.11. The minimum atomic E-state index is -5.08. The molecule has 0 aromatic heterocycles. The minimum Gasteiger partial charge on any atom is -0.474 e. The van der Waals surface area contributed by atoms with E-state index in [2.05, 4.69) is 4.90 Å². The van der Waals surface area contributed by atoms with Crippen molar-refractivity contribution in [3.8, 4) is 5.75 Å². The quantitative estimate of drug-likeness (QED) is 0.496. The molecule has 0 radical (unpaired) electrons. The summed E-state index contributed by atoms with van der Waals surface area (Å²) in [5.74, 6) is -0.890. The number of alkyl halides is 1. The van der Waals surface area contributed by atoms with E-state index in [0.29, 0.717) is 37.6 Å². The lowest BCUT2D eigenvalue weighted by Crippen LogP contribution is -2.52. The largest absolute Gasteiger partial charge is 0.474 e. The van der Waals surface area contributed by atoms with Gasteiger partial charge < -0.3 is 9.47 Å². The lowest BCUT2D eigenvalue weighted by atomic mass is 9.82. The van der Waals surface area contributed by atoms with Gasteiger partial charge in [0, 0.05) is 24.1 Å². The fourth-order valence-corrected chi connectivity index (χ4v) is 6.29. The third kappa shape index (κ3) is 3.89. The van der Waals surface area contributed by atoms with E-state index >= 15 is 0 Å². The number of benzene rings is 1. The summed E-state index contributed by atoms with van der Waals surface area (Å²) in [5, 5.41) is 0. The van der Waals surface area contributed by atoms with Crippen LogP contribution in [0.5, 0.6) is 5.75 Å². The van der Waals surface area contributed by atoms with Crippen molar-refractivity contribution in [1.82, 2.24) is 4.90 Å². The van der Waals surface area contributed by atoms with Gasteiger partial charge in [0.15, 0.2) is 6.23 Å². The van der Waals surface area contributed by atoms with Crippen LogP contribution in [-0.2, 0) is 34.6 Å². The Morgan fingerprint density at radius 3 is 2.36 bits per heavy atom. The molecule has 1 saturated heterocycles. The third-order valence-corrected chi connectivity index (χ3v) is 8.39. The molecule has 0 bridgehead atoms. The zero-order valence-corrected chi connectivity index (χ0v) is 17.7. The average molecular weight is 456 g/mol. The Morgan fingerprint density at radius 1 is 1.21 bits per heavy atom.